The third-order valence-corrected chi connectivity index (χ3v) is 4.30. The lowest BCUT2D eigenvalue weighted by molar-refractivity contribution is -0.129. The summed E-state index contributed by atoms with van der Waals surface area (Å²) in [5, 5.41) is 15.5. The van der Waals surface area contributed by atoms with E-state index in [0.29, 0.717) is 24.7 Å². The highest BCUT2D eigenvalue weighted by atomic mass is 16.4. The average Bonchev–Trinajstić information content (AvgIpc) is 2.81. The van der Waals surface area contributed by atoms with Crippen molar-refractivity contribution in [1.82, 2.24) is 9.91 Å². The molecule has 1 heterocycles. The molecule has 0 saturated heterocycles. The Balaban J connectivity index is 2.87. The monoisotopic (exact) mass is 325 g/mol. The van der Waals surface area contributed by atoms with Gasteiger partial charge in [0.15, 0.2) is 0 Å². The molecule has 1 unspecified atom stereocenters. The maximum absolute atomic E-state index is 12.2. The third-order valence-electron chi connectivity index (χ3n) is 4.30. The van der Waals surface area contributed by atoms with E-state index in [9.17, 15) is 14.7 Å². The first-order valence-electron chi connectivity index (χ1n) is 8.46. The Morgan fingerprint density at radius 3 is 2.35 bits per heavy atom. The van der Waals surface area contributed by atoms with Crippen LogP contribution in [0.3, 0.4) is 0 Å². The molecule has 6 nitrogen and oxygen atoms in total. The van der Waals surface area contributed by atoms with Crippen molar-refractivity contribution < 1.29 is 14.7 Å². The van der Waals surface area contributed by atoms with Crippen molar-refractivity contribution in [1.29, 1.82) is 0 Å². The Bertz CT molecular complexity index is 464. The van der Waals surface area contributed by atoms with Gasteiger partial charge in [-0.15, -0.1) is 0 Å². The quantitative estimate of drug-likeness (QED) is 0.779. The Hall–Kier alpha value is -1.59. The molecule has 6 heteroatoms. The highest BCUT2D eigenvalue weighted by Gasteiger charge is 2.34. The molecule has 1 rings (SSSR count). The number of amides is 2. The molecule has 132 valence electrons. The minimum absolute atomic E-state index is 0.0279. The molecule has 0 saturated carbocycles. The average molecular weight is 325 g/mol. The van der Waals surface area contributed by atoms with Crippen LogP contribution in [0.2, 0.25) is 0 Å². The molecule has 0 radical (unpaired) electrons. The molecule has 0 aromatic carbocycles. The van der Waals surface area contributed by atoms with E-state index in [1.54, 1.807) is 0 Å². The third kappa shape index (κ3) is 5.52. The first-order valence-corrected chi connectivity index (χ1v) is 8.46. The molecule has 0 aromatic heterocycles. The second-order valence-corrected chi connectivity index (χ2v) is 7.57. The standard InChI is InChI=1S/C17H31N3O3/c1-7-13(8-2)10-20-15(21)9-14(18-20)12(3)19(16(22)23)11-17(4,5)6/h12-13H,7-11H2,1-6H3,(H,22,23). The lowest BCUT2D eigenvalue weighted by Crippen LogP contribution is -2.46. The summed E-state index contributed by atoms with van der Waals surface area (Å²) in [6.07, 6.45) is 1.26. The van der Waals surface area contributed by atoms with Gasteiger partial charge in [0, 0.05) is 13.1 Å². The molecule has 0 spiro atoms. The maximum Gasteiger partial charge on any atom is 0.407 e. The molecule has 0 fully saturated rings. The molecule has 1 aliphatic rings. The zero-order valence-corrected chi connectivity index (χ0v) is 15.3. The predicted molar refractivity (Wildman–Crippen MR) is 91.5 cm³/mol. The number of carbonyl (C=O) groups is 2. The van der Waals surface area contributed by atoms with E-state index in [4.69, 9.17) is 0 Å². The molecule has 2 amide bonds. The molecule has 0 aromatic rings. The second kappa shape index (κ2) is 7.79. The summed E-state index contributed by atoms with van der Waals surface area (Å²) in [5.74, 6) is 0.405. The fourth-order valence-corrected chi connectivity index (χ4v) is 2.72. The summed E-state index contributed by atoms with van der Waals surface area (Å²) in [4.78, 5) is 25.1. The molecule has 1 aliphatic heterocycles. The van der Waals surface area contributed by atoms with Gasteiger partial charge in [-0.1, -0.05) is 47.5 Å². The Morgan fingerprint density at radius 1 is 1.35 bits per heavy atom. The molecular formula is C17H31N3O3. The van der Waals surface area contributed by atoms with Crippen LogP contribution in [0.25, 0.3) is 0 Å². The summed E-state index contributed by atoms with van der Waals surface area (Å²) in [6, 6.07) is -0.387. The Morgan fingerprint density at radius 2 is 1.91 bits per heavy atom. The van der Waals surface area contributed by atoms with Crippen LogP contribution in [0.15, 0.2) is 5.10 Å². The summed E-state index contributed by atoms with van der Waals surface area (Å²) >= 11 is 0. The van der Waals surface area contributed by atoms with Gasteiger partial charge < -0.3 is 5.11 Å². The zero-order chi connectivity index (χ0) is 17.8. The van der Waals surface area contributed by atoms with Gasteiger partial charge >= 0.3 is 6.09 Å². The molecule has 0 bridgehead atoms. The smallest absolute Gasteiger partial charge is 0.407 e. The van der Waals surface area contributed by atoms with Gasteiger partial charge in [-0.2, -0.15) is 5.10 Å². The lowest BCUT2D eigenvalue weighted by atomic mass is 9.95. The topological polar surface area (TPSA) is 73.2 Å². The minimum Gasteiger partial charge on any atom is -0.465 e. The van der Waals surface area contributed by atoms with Crippen LogP contribution in [0, 0.1) is 11.3 Å². The summed E-state index contributed by atoms with van der Waals surface area (Å²) < 4.78 is 0. The van der Waals surface area contributed by atoms with Crippen molar-refractivity contribution in [3.05, 3.63) is 0 Å². The summed E-state index contributed by atoms with van der Waals surface area (Å²) in [6.45, 7) is 13.0. The van der Waals surface area contributed by atoms with Crippen molar-refractivity contribution in [3.8, 4) is 0 Å². The van der Waals surface area contributed by atoms with Gasteiger partial charge in [-0.3, -0.25) is 9.69 Å². The van der Waals surface area contributed by atoms with E-state index in [2.05, 4.69) is 18.9 Å². The van der Waals surface area contributed by atoms with E-state index >= 15 is 0 Å². The number of hydrogen-bond donors (Lipinski definition) is 1. The van der Waals surface area contributed by atoms with Gasteiger partial charge in [-0.05, 0) is 18.3 Å². The highest BCUT2D eigenvalue weighted by molar-refractivity contribution is 6.08. The molecule has 23 heavy (non-hydrogen) atoms. The van der Waals surface area contributed by atoms with Crippen molar-refractivity contribution in [2.45, 2.75) is 66.8 Å². The second-order valence-electron chi connectivity index (χ2n) is 7.57. The molecule has 0 aliphatic carbocycles. The van der Waals surface area contributed by atoms with Gasteiger partial charge in [0.05, 0.1) is 18.2 Å². The van der Waals surface area contributed by atoms with E-state index in [1.807, 2.05) is 27.7 Å². The lowest BCUT2D eigenvalue weighted by Gasteiger charge is -2.32. The van der Waals surface area contributed by atoms with Crippen LogP contribution in [-0.2, 0) is 4.79 Å². The van der Waals surface area contributed by atoms with Crippen LogP contribution in [-0.4, -0.2) is 51.9 Å². The van der Waals surface area contributed by atoms with Crippen LogP contribution in [0.1, 0.15) is 60.8 Å². The van der Waals surface area contributed by atoms with Crippen LogP contribution < -0.4 is 0 Å². The van der Waals surface area contributed by atoms with Crippen molar-refractivity contribution in [3.63, 3.8) is 0 Å². The van der Waals surface area contributed by atoms with E-state index in [1.165, 1.54) is 9.91 Å². The summed E-state index contributed by atoms with van der Waals surface area (Å²) in [7, 11) is 0. The first-order chi connectivity index (χ1) is 10.6. The van der Waals surface area contributed by atoms with Gasteiger partial charge in [0.2, 0.25) is 5.91 Å². The largest absolute Gasteiger partial charge is 0.465 e. The highest BCUT2D eigenvalue weighted by Crippen LogP contribution is 2.22. The first kappa shape index (κ1) is 19.5. The summed E-state index contributed by atoms with van der Waals surface area (Å²) in [5.41, 5.74) is 0.498. The number of nitrogens with zero attached hydrogens (tertiary/aromatic N) is 3. The molecule has 1 atom stereocenters. The minimum atomic E-state index is -0.971. The fraction of sp³-hybridized carbons (Fsp3) is 0.824. The van der Waals surface area contributed by atoms with Crippen LogP contribution in [0.4, 0.5) is 4.79 Å². The number of rotatable bonds is 7. The zero-order valence-electron chi connectivity index (χ0n) is 15.3. The normalized spacial score (nSPS) is 16.7. The number of carbonyl (C=O) groups excluding carboxylic acids is 1. The van der Waals surface area contributed by atoms with Crippen LogP contribution in [0.5, 0.6) is 0 Å². The SMILES string of the molecule is CCC(CC)CN1N=C(C(C)N(CC(C)(C)C)C(=O)O)CC1=O. The number of carboxylic acid groups (broad SMARTS) is 1. The van der Waals surface area contributed by atoms with Crippen LogP contribution >= 0.6 is 0 Å². The predicted octanol–water partition coefficient (Wildman–Crippen LogP) is 3.43. The molecule has 1 N–H and O–H groups in total. The maximum atomic E-state index is 12.2. The van der Waals surface area contributed by atoms with E-state index in [-0.39, 0.29) is 23.8 Å². The van der Waals surface area contributed by atoms with Gasteiger partial charge in [0.25, 0.3) is 0 Å². The number of hydrogen-bond acceptors (Lipinski definition) is 3. The van der Waals surface area contributed by atoms with Crippen molar-refractivity contribution in [2.75, 3.05) is 13.1 Å². The van der Waals surface area contributed by atoms with E-state index < -0.39 is 6.09 Å². The van der Waals surface area contributed by atoms with E-state index in [0.717, 1.165) is 12.8 Å². The van der Waals surface area contributed by atoms with Gasteiger partial charge in [0.1, 0.15) is 0 Å². The van der Waals surface area contributed by atoms with Crippen molar-refractivity contribution in [2.24, 2.45) is 16.4 Å². The Labute approximate surface area is 139 Å². The fourth-order valence-electron chi connectivity index (χ4n) is 2.72. The van der Waals surface area contributed by atoms with Gasteiger partial charge in [-0.25, -0.2) is 9.80 Å². The molecular weight excluding hydrogens is 294 g/mol. The number of hydrazone groups is 1. The Kier molecular flexibility index (Phi) is 6.59. The van der Waals surface area contributed by atoms with Crippen molar-refractivity contribution >= 4 is 17.7 Å².